The van der Waals surface area contributed by atoms with E-state index >= 15 is 0 Å². The summed E-state index contributed by atoms with van der Waals surface area (Å²) >= 11 is 5.96. The number of hydrogen-bond acceptors (Lipinski definition) is 4. The molecule has 2 aromatic rings. The van der Waals surface area contributed by atoms with Gasteiger partial charge in [-0.05, 0) is 24.3 Å². The van der Waals surface area contributed by atoms with Crippen LogP contribution < -0.4 is 4.74 Å². The van der Waals surface area contributed by atoms with Crippen molar-refractivity contribution in [2.24, 2.45) is 0 Å². The van der Waals surface area contributed by atoms with Gasteiger partial charge in [-0.3, -0.25) is 0 Å². The van der Waals surface area contributed by atoms with Crippen molar-refractivity contribution in [3.63, 3.8) is 0 Å². The van der Waals surface area contributed by atoms with Crippen LogP contribution in [0.3, 0.4) is 0 Å². The minimum atomic E-state index is 0.144. The summed E-state index contributed by atoms with van der Waals surface area (Å²) in [6.07, 6.45) is 1.44. The molecule has 1 aromatic carbocycles. The van der Waals surface area contributed by atoms with Crippen molar-refractivity contribution in [1.82, 2.24) is 4.98 Å². The maximum absolute atomic E-state index is 8.83. The first-order chi connectivity index (χ1) is 8.74. The van der Waals surface area contributed by atoms with E-state index in [4.69, 9.17) is 26.9 Å². The van der Waals surface area contributed by atoms with E-state index in [2.05, 4.69) is 4.98 Å². The van der Waals surface area contributed by atoms with Crippen LogP contribution in [0.5, 0.6) is 11.6 Å². The van der Waals surface area contributed by atoms with Crippen LogP contribution in [0.4, 0.5) is 0 Å². The number of halogens is 1. The monoisotopic (exact) mass is 255 g/mol. The van der Waals surface area contributed by atoms with Crippen LogP contribution >= 0.6 is 11.6 Å². The first-order valence-corrected chi connectivity index (χ1v) is 5.35. The molecular formula is C13H6ClN3O. The molecule has 0 unspecified atom stereocenters. The Morgan fingerprint density at radius 3 is 2.72 bits per heavy atom. The van der Waals surface area contributed by atoms with E-state index in [0.29, 0.717) is 11.3 Å². The van der Waals surface area contributed by atoms with Crippen molar-refractivity contribution < 1.29 is 4.74 Å². The molecule has 0 aliphatic rings. The van der Waals surface area contributed by atoms with Gasteiger partial charge in [0.2, 0.25) is 5.88 Å². The zero-order valence-electron chi connectivity index (χ0n) is 9.09. The molecule has 86 valence electrons. The highest BCUT2D eigenvalue weighted by molar-refractivity contribution is 6.33. The van der Waals surface area contributed by atoms with Crippen LogP contribution in [-0.4, -0.2) is 4.98 Å². The van der Waals surface area contributed by atoms with Gasteiger partial charge in [0.15, 0.2) is 0 Å². The number of rotatable bonds is 2. The number of ether oxygens (including phenoxy) is 1. The minimum Gasteiger partial charge on any atom is -0.437 e. The highest BCUT2D eigenvalue weighted by Gasteiger charge is 2.09. The molecule has 18 heavy (non-hydrogen) atoms. The van der Waals surface area contributed by atoms with Gasteiger partial charge in [0.1, 0.15) is 16.8 Å². The number of nitrogens with zero attached hydrogens (tertiary/aromatic N) is 3. The summed E-state index contributed by atoms with van der Waals surface area (Å²) in [5.41, 5.74) is 0.762. The van der Waals surface area contributed by atoms with E-state index in [9.17, 15) is 0 Å². The van der Waals surface area contributed by atoms with E-state index in [1.807, 2.05) is 12.1 Å². The molecule has 0 aliphatic carbocycles. The Labute approximate surface area is 109 Å². The number of nitriles is 2. The summed E-state index contributed by atoms with van der Waals surface area (Å²) in [6.45, 7) is 0. The summed E-state index contributed by atoms with van der Waals surface area (Å²) in [6, 6.07) is 12.0. The lowest BCUT2D eigenvalue weighted by Crippen LogP contribution is -1.91. The summed E-state index contributed by atoms with van der Waals surface area (Å²) in [5, 5.41) is 17.8. The van der Waals surface area contributed by atoms with Gasteiger partial charge < -0.3 is 4.74 Å². The van der Waals surface area contributed by atoms with E-state index in [1.165, 1.54) is 12.3 Å². The average molecular weight is 256 g/mol. The van der Waals surface area contributed by atoms with Gasteiger partial charge in [0.05, 0.1) is 17.2 Å². The fourth-order valence-electron chi connectivity index (χ4n) is 1.32. The van der Waals surface area contributed by atoms with Gasteiger partial charge >= 0.3 is 0 Å². The molecule has 0 radical (unpaired) electrons. The maximum Gasteiger partial charge on any atom is 0.239 e. The lowest BCUT2D eigenvalue weighted by atomic mass is 10.2. The Morgan fingerprint density at radius 2 is 2.00 bits per heavy atom. The molecule has 0 spiro atoms. The minimum absolute atomic E-state index is 0.144. The smallest absolute Gasteiger partial charge is 0.239 e. The maximum atomic E-state index is 8.83. The quantitative estimate of drug-likeness (QED) is 0.826. The molecule has 4 nitrogen and oxygen atoms in total. The molecule has 2 rings (SSSR count). The number of pyridine rings is 1. The lowest BCUT2D eigenvalue weighted by molar-refractivity contribution is 0.463. The molecule has 0 N–H and O–H groups in total. The fraction of sp³-hybridized carbons (Fsp3) is 0. The Bertz CT molecular complexity index is 671. The van der Waals surface area contributed by atoms with E-state index < -0.39 is 0 Å². The van der Waals surface area contributed by atoms with Crippen molar-refractivity contribution in [3.05, 3.63) is 52.7 Å². The third kappa shape index (κ3) is 2.40. The van der Waals surface area contributed by atoms with Crippen LogP contribution in [0, 0.1) is 22.7 Å². The molecule has 1 aromatic heterocycles. The van der Waals surface area contributed by atoms with E-state index in [-0.39, 0.29) is 16.5 Å². The molecule has 0 fully saturated rings. The van der Waals surface area contributed by atoms with Gasteiger partial charge in [0, 0.05) is 6.20 Å². The summed E-state index contributed by atoms with van der Waals surface area (Å²) in [7, 11) is 0. The molecule has 0 saturated carbocycles. The highest BCUT2D eigenvalue weighted by atomic mass is 35.5. The first-order valence-electron chi connectivity index (χ1n) is 4.97. The normalized spacial score (nSPS) is 9.28. The Kier molecular flexibility index (Phi) is 3.43. The zero-order chi connectivity index (χ0) is 13.0. The SMILES string of the molecule is N#Cc1cccc(Oc2nccc(C#N)c2Cl)c1. The predicted octanol–water partition coefficient (Wildman–Crippen LogP) is 3.27. The van der Waals surface area contributed by atoms with Crippen LogP contribution in [0.2, 0.25) is 5.02 Å². The number of benzene rings is 1. The molecule has 0 saturated heterocycles. The summed E-state index contributed by atoms with van der Waals surface area (Å²) in [5.74, 6) is 0.587. The van der Waals surface area contributed by atoms with Gasteiger partial charge in [-0.2, -0.15) is 10.5 Å². The van der Waals surface area contributed by atoms with Gasteiger partial charge in [-0.25, -0.2) is 4.98 Å². The van der Waals surface area contributed by atoms with Crippen LogP contribution in [-0.2, 0) is 0 Å². The summed E-state index contributed by atoms with van der Waals surface area (Å²) < 4.78 is 5.45. The summed E-state index contributed by atoms with van der Waals surface area (Å²) in [4.78, 5) is 3.95. The number of hydrogen-bond donors (Lipinski definition) is 0. The average Bonchev–Trinajstić information content (AvgIpc) is 2.41. The predicted molar refractivity (Wildman–Crippen MR) is 65.2 cm³/mol. The van der Waals surface area contributed by atoms with Crippen molar-refractivity contribution in [1.29, 1.82) is 10.5 Å². The molecule has 5 heteroatoms. The van der Waals surface area contributed by atoms with Crippen LogP contribution in [0.25, 0.3) is 0 Å². The second-order valence-corrected chi connectivity index (χ2v) is 3.71. The van der Waals surface area contributed by atoms with Crippen LogP contribution in [0.15, 0.2) is 36.5 Å². The molecule has 1 heterocycles. The molecular weight excluding hydrogens is 250 g/mol. The molecule has 0 atom stereocenters. The topological polar surface area (TPSA) is 69.7 Å². The van der Waals surface area contributed by atoms with Gasteiger partial charge in [-0.15, -0.1) is 0 Å². The van der Waals surface area contributed by atoms with E-state index in [1.54, 1.807) is 24.3 Å². The Morgan fingerprint density at radius 1 is 1.17 bits per heavy atom. The molecule has 0 amide bonds. The van der Waals surface area contributed by atoms with Crippen molar-refractivity contribution >= 4 is 11.6 Å². The van der Waals surface area contributed by atoms with Gasteiger partial charge in [-0.1, -0.05) is 17.7 Å². The Hall–Kier alpha value is -2.56. The third-order valence-electron chi connectivity index (χ3n) is 2.16. The van der Waals surface area contributed by atoms with Crippen molar-refractivity contribution in [3.8, 4) is 23.8 Å². The standard InChI is InChI=1S/C13H6ClN3O/c14-12-10(8-16)4-5-17-13(12)18-11-3-1-2-9(6-11)7-15/h1-6H. The lowest BCUT2D eigenvalue weighted by Gasteiger charge is -2.06. The zero-order valence-corrected chi connectivity index (χ0v) is 9.85. The molecule has 0 bridgehead atoms. The van der Waals surface area contributed by atoms with E-state index in [0.717, 1.165) is 0 Å². The van der Waals surface area contributed by atoms with Crippen molar-refractivity contribution in [2.45, 2.75) is 0 Å². The fourth-order valence-corrected chi connectivity index (χ4v) is 1.52. The van der Waals surface area contributed by atoms with Gasteiger partial charge in [0.25, 0.3) is 0 Å². The largest absolute Gasteiger partial charge is 0.437 e. The third-order valence-corrected chi connectivity index (χ3v) is 2.52. The Balaban J connectivity index is 2.35. The highest BCUT2D eigenvalue weighted by Crippen LogP contribution is 2.29. The van der Waals surface area contributed by atoms with Crippen LogP contribution in [0.1, 0.15) is 11.1 Å². The second kappa shape index (κ2) is 5.18. The number of aromatic nitrogens is 1. The molecule has 0 aliphatic heterocycles. The first kappa shape index (κ1) is 11.9. The van der Waals surface area contributed by atoms with Crippen molar-refractivity contribution in [2.75, 3.05) is 0 Å². The second-order valence-electron chi connectivity index (χ2n) is 3.33.